The van der Waals surface area contributed by atoms with Crippen LogP contribution in [0.2, 0.25) is 0 Å². The molecule has 0 radical (unpaired) electrons. The van der Waals surface area contributed by atoms with Gasteiger partial charge in [0.25, 0.3) is 0 Å². The van der Waals surface area contributed by atoms with Gasteiger partial charge in [0.1, 0.15) is 0 Å². The number of hydrogen-bond acceptors (Lipinski definition) is 0. The molecule has 0 spiro atoms. The van der Waals surface area contributed by atoms with Crippen LogP contribution in [-0.4, -0.2) is 14.2 Å². The fourth-order valence-corrected chi connectivity index (χ4v) is 5.40. The van der Waals surface area contributed by atoms with Crippen LogP contribution in [0.3, 0.4) is 0 Å². The summed E-state index contributed by atoms with van der Waals surface area (Å²) in [6.07, 6.45) is 2.39. The number of halogens is 7. The summed E-state index contributed by atoms with van der Waals surface area (Å²) in [5.41, 5.74) is 3.11. The molecule has 0 aliphatic heterocycles. The van der Waals surface area contributed by atoms with Crippen LogP contribution in [0.1, 0.15) is 38.8 Å². The molecule has 0 aliphatic carbocycles. The molecule has 0 amide bonds. The van der Waals surface area contributed by atoms with Crippen molar-refractivity contribution >= 4 is 14.2 Å². The molecule has 2 aromatic rings. The Morgan fingerprint density at radius 1 is 0.643 bits per heavy atom. The molecule has 0 fully saturated rings. The van der Waals surface area contributed by atoms with Crippen LogP contribution in [0, 0.1) is 19.0 Å². The summed E-state index contributed by atoms with van der Waals surface area (Å²) in [5.74, 6) is 1.45. The van der Waals surface area contributed by atoms with Gasteiger partial charge in [-0.25, -0.2) is 0 Å². The molecule has 2 rings (SSSR count). The molecule has 0 N–H and O–H groups in total. The fourth-order valence-electron chi connectivity index (χ4n) is 2.50. The second kappa shape index (κ2) is 8.98. The molecule has 0 nitrogen and oxygen atoms in total. The van der Waals surface area contributed by atoms with Crippen LogP contribution in [-0.2, 0) is 12.8 Å². The molecule has 0 aromatic heterocycles. The molecule has 0 heterocycles. The van der Waals surface area contributed by atoms with E-state index in [0.29, 0.717) is 0 Å². The van der Waals surface area contributed by atoms with Crippen LogP contribution >= 0.6 is 0 Å². The van der Waals surface area contributed by atoms with Gasteiger partial charge >= 0.3 is 56.2 Å². The second-order valence-electron chi connectivity index (χ2n) is 7.43. The fraction of sp³-hybridized carbons (Fsp3) is 0.400. The zero-order valence-corrected chi connectivity index (χ0v) is 20.3. The monoisotopic (exact) mass is 582 g/mol. The molecule has 2 aromatic carbocycles. The van der Waals surface area contributed by atoms with Crippen molar-refractivity contribution in [1.29, 1.82) is 0 Å². The predicted octanol–water partition coefficient (Wildman–Crippen LogP) is 4.35. The Labute approximate surface area is 174 Å². The van der Waals surface area contributed by atoms with Crippen LogP contribution in [0.15, 0.2) is 48.5 Å². The van der Waals surface area contributed by atoms with E-state index in [4.69, 9.17) is 0 Å². The van der Waals surface area contributed by atoms with Gasteiger partial charge in [-0.1, -0.05) is 64.1 Å². The molecular weight excluding hydrogens is 556 g/mol. The van der Waals surface area contributed by atoms with E-state index in [1.54, 1.807) is 18.3 Å². The summed E-state index contributed by atoms with van der Waals surface area (Å²) >= 11 is -11.1. The summed E-state index contributed by atoms with van der Waals surface area (Å²) in [5, 5.41) is 0. The maximum absolute atomic E-state index is 11.1. The first-order chi connectivity index (χ1) is 12.5. The van der Waals surface area contributed by atoms with Crippen molar-refractivity contribution in [2.75, 3.05) is 0 Å². The van der Waals surface area contributed by atoms with Gasteiger partial charge in [-0.3, -0.25) is 0 Å². The van der Waals surface area contributed by atoms with Crippen LogP contribution in [0.4, 0.5) is 20.8 Å². The SMILES string of the molecule is CC(C)Cc1ccccc1[I+]c1ccccc1CC(C)C.F[As-](F)(F)(F)(F)F. The van der Waals surface area contributed by atoms with E-state index in [-0.39, 0.29) is 21.2 Å². The molecule has 0 unspecified atom stereocenters. The van der Waals surface area contributed by atoms with E-state index >= 15 is 0 Å². The quantitative estimate of drug-likeness (QED) is 0.270. The normalized spacial score (nSPS) is 14.3. The first-order valence-electron chi connectivity index (χ1n) is 8.88. The first-order valence-corrected chi connectivity index (χ1v) is 15.3. The van der Waals surface area contributed by atoms with E-state index in [1.807, 2.05) is 0 Å². The van der Waals surface area contributed by atoms with Gasteiger partial charge in [0, 0.05) is 11.1 Å². The molecule has 0 aliphatic rings. The van der Waals surface area contributed by atoms with Crippen LogP contribution in [0.25, 0.3) is 0 Å². The van der Waals surface area contributed by atoms with Gasteiger partial charge in [-0.05, 0) is 36.8 Å². The van der Waals surface area contributed by atoms with Crippen molar-refractivity contribution in [3.63, 3.8) is 0 Å². The predicted molar refractivity (Wildman–Crippen MR) is 99.8 cm³/mol. The molecule has 8 heteroatoms. The second-order valence-corrected chi connectivity index (χ2v) is 14.3. The minimum absolute atomic E-state index is 0.0785. The summed E-state index contributed by atoms with van der Waals surface area (Å²) in [6.45, 7) is 9.23. The Balaban J connectivity index is 0.000000480. The third kappa shape index (κ3) is 13.5. The molecule has 0 bridgehead atoms. The zero-order valence-electron chi connectivity index (χ0n) is 16.3. The number of rotatable bonds is 6. The van der Waals surface area contributed by atoms with Crippen molar-refractivity contribution in [3.05, 3.63) is 66.8 Å². The standard InChI is InChI=1S/C20H26I.AsF6/c1-15(2)13-17-9-5-7-11-19(17)21-20-12-8-6-10-18(20)14-16(3)4;2-1(3,4,5,6)7/h5-12,15-16H,13-14H2,1-4H3;/q+1;-1. The Bertz CT molecular complexity index is 707. The summed E-state index contributed by atoms with van der Waals surface area (Å²) in [7, 11) is 0. The molecule has 0 saturated heterocycles. The van der Waals surface area contributed by atoms with Crippen molar-refractivity contribution in [1.82, 2.24) is 0 Å². The third-order valence-electron chi connectivity index (χ3n) is 3.38. The molecule has 160 valence electrons. The number of benzene rings is 2. The van der Waals surface area contributed by atoms with E-state index in [1.165, 1.54) is 12.8 Å². The summed E-state index contributed by atoms with van der Waals surface area (Å²) < 4.78 is 62.6. The molecule has 0 atom stereocenters. The summed E-state index contributed by atoms with van der Waals surface area (Å²) in [4.78, 5) is 0. The first kappa shape index (κ1) is 25.3. The Morgan fingerprint density at radius 2 is 0.929 bits per heavy atom. The Kier molecular flexibility index (Phi) is 8.13. The van der Waals surface area contributed by atoms with Gasteiger partial charge in [0.15, 0.2) is 7.14 Å². The van der Waals surface area contributed by atoms with E-state index in [2.05, 4.69) is 76.2 Å². The van der Waals surface area contributed by atoms with E-state index in [0.717, 1.165) is 11.8 Å². The maximum atomic E-state index is 9.91. The van der Waals surface area contributed by atoms with Gasteiger partial charge < -0.3 is 0 Å². The van der Waals surface area contributed by atoms with E-state index in [9.17, 15) is 20.8 Å². The average Bonchev–Trinajstić information content (AvgIpc) is 2.47. The Hall–Kier alpha value is -0.692. The molecule has 28 heavy (non-hydrogen) atoms. The molecule has 0 saturated carbocycles. The zero-order chi connectivity index (χ0) is 21.7. The van der Waals surface area contributed by atoms with Crippen molar-refractivity contribution in [3.8, 4) is 0 Å². The van der Waals surface area contributed by atoms with E-state index < -0.39 is 14.2 Å². The van der Waals surface area contributed by atoms with Crippen molar-refractivity contribution < 1.29 is 42.0 Å². The Morgan fingerprint density at radius 3 is 1.21 bits per heavy atom. The number of hydrogen-bond donors (Lipinski definition) is 0. The van der Waals surface area contributed by atoms with Crippen molar-refractivity contribution in [2.45, 2.75) is 40.5 Å². The van der Waals surface area contributed by atoms with Gasteiger partial charge in [-0.15, -0.1) is 0 Å². The third-order valence-corrected chi connectivity index (χ3v) is 6.64. The molecular formula is C20H26AsF6I. The minimum atomic E-state index is -11.1. The van der Waals surface area contributed by atoms with Crippen LogP contribution in [0.5, 0.6) is 0 Å². The van der Waals surface area contributed by atoms with Gasteiger partial charge in [0.2, 0.25) is 0 Å². The van der Waals surface area contributed by atoms with Crippen molar-refractivity contribution in [2.24, 2.45) is 11.8 Å². The van der Waals surface area contributed by atoms with Gasteiger partial charge in [0.05, 0.1) is 0 Å². The van der Waals surface area contributed by atoms with Crippen LogP contribution < -0.4 is 21.2 Å². The topological polar surface area (TPSA) is 0 Å². The summed E-state index contributed by atoms with van der Waals surface area (Å²) in [6, 6.07) is 18.1. The average molecular weight is 582 g/mol. The van der Waals surface area contributed by atoms with Gasteiger partial charge in [-0.2, -0.15) is 0 Å².